The number of fused-ring (bicyclic) bond motifs is 7. The van der Waals surface area contributed by atoms with Crippen LogP contribution in [0, 0.1) is 0 Å². The first-order valence-electron chi connectivity index (χ1n) is 16.5. The molecule has 4 aliphatic heterocycles. The van der Waals surface area contributed by atoms with Crippen molar-refractivity contribution in [1.29, 1.82) is 0 Å². The molecule has 0 saturated heterocycles. The third-order valence-corrected chi connectivity index (χ3v) is 12.0. The second-order valence-electron chi connectivity index (χ2n) is 14.3. The molecular formula is C42H27N5+2. The zero-order valence-corrected chi connectivity index (χ0v) is 25.9. The van der Waals surface area contributed by atoms with E-state index < -0.39 is 5.66 Å². The van der Waals surface area contributed by atoms with E-state index in [9.17, 15) is 0 Å². The highest BCUT2D eigenvalue weighted by atomic mass is 15.5. The highest BCUT2D eigenvalue weighted by Crippen LogP contribution is 2.58. The smallest absolute Gasteiger partial charge is 0.307 e. The average molecular weight is 602 g/mol. The Morgan fingerprint density at radius 2 is 1.36 bits per heavy atom. The summed E-state index contributed by atoms with van der Waals surface area (Å²) in [4.78, 5) is 0. The van der Waals surface area contributed by atoms with Crippen molar-refractivity contribution in [1.82, 2.24) is 13.8 Å². The van der Waals surface area contributed by atoms with Gasteiger partial charge in [-0.2, -0.15) is 9.13 Å². The minimum atomic E-state index is -0.635. The molecule has 47 heavy (non-hydrogen) atoms. The Morgan fingerprint density at radius 3 is 2.28 bits per heavy atom. The Bertz CT molecular complexity index is 2990. The molecule has 0 radical (unpaired) electrons. The lowest BCUT2D eigenvalue weighted by Crippen LogP contribution is -2.76. The highest BCUT2D eigenvalue weighted by Gasteiger charge is 2.69. The van der Waals surface area contributed by atoms with Crippen LogP contribution in [-0.2, 0) is 11.1 Å². The minimum absolute atomic E-state index is 0.175. The van der Waals surface area contributed by atoms with E-state index in [4.69, 9.17) is 0 Å². The van der Waals surface area contributed by atoms with Gasteiger partial charge >= 0.3 is 11.3 Å². The third kappa shape index (κ3) is 2.18. The Morgan fingerprint density at radius 1 is 0.574 bits per heavy atom. The largest absolute Gasteiger partial charge is 0.394 e. The van der Waals surface area contributed by atoms with Crippen LogP contribution in [0.2, 0.25) is 0 Å². The van der Waals surface area contributed by atoms with Gasteiger partial charge in [-0.3, -0.25) is 0 Å². The van der Waals surface area contributed by atoms with E-state index >= 15 is 0 Å². The van der Waals surface area contributed by atoms with Crippen LogP contribution in [0.25, 0.3) is 71.9 Å². The zero-order chi connectivity index (χ0) is 30.6. The van der Waals surface area contributed by atoms with Gasteiger partial charge in [-0.15, -0.1) is 4.68 Å². The predicted octanol–water partition coefficient (Wildman–Crippen LogP) is 7.79. The molecule has 5 aromatic carbocycles. The van der Waals surface area contributed by atoms with Crippen LogP contribution < -0.4 is 9.25 Å². The van der Waals surface area contributed by atoms with Gasteiger partial charge in [-0.1, -0.05) is 85.3 Å². The quantitative estimate of drug-likeness (QED) is 0.172. The lowest BCUT2D eigenvalue weighted by molar-refractivity contribution is -0.987. The molecular weight excluding hydrogens is 574 g/mol. The maximum absolute atomic E-state index is 2.62. The first kappa shape index (κ1) is 23.4. The van der Waals surface area contributed by atoms with Crippen molar-refractivity contribution in [2.45, 2.75) is 24.9 Å². The number of pyridine rings is 1. The van der Waals surface area contributed by atoms with Crippen LogP contribution >= 0.6 is 0 Å². The summed E-state index contributed by atoms with van der Waals surface area (Å²) in [5.74, 6) is 0. The summed E-state index contributed by atoms with van der Waals surface area (Å²) in [6.45, 7) is 4.83. The molecule has 1 spiro atoms. The maximum Gasteiger partial charge on any atom is 0.394 e. The predicted molar refractivity (Wildman–Crippen MR) is 184 cm³/mol. The lowest BCUT2D eigenvalue weighted by Gasteiger charge is -2.38. The molecule has 4 aliphatic rings. The van der Waals surface area contributed by atoms with Crippen LogP contribution in [0.4, 0.5) is 0 Å². The standard InChI is InChI=1S/C42H27N5/c1-41(2)30-15-8-13-27-29-14-9-21-43-40(29)47(37(27)30)39-31(41)18-20-34-36(39)42(43)35-33(44-22-25(23-45(42)44)24-10-4-3-5-11-24)19-17-28-26-12-6-7-16-32(26)46(34)38(28)35/h3-23H,1-2H3/q+2. The number of nitrogens with zero attached hydrogens (tertiary/aromatic N) is 5. The van der Waals surface area contributed by atoms with Crippen molar-refractivity contribution in [3.05, 3.63) is 150 Å². The molecule has 1 atom stereocenters. The van der Waals surface area contributed by atoms with E-state index in [0.29, 0.717) is 0 Å². The number of rotatable bonds is 1. The van der Waals surface area contributed by atoms with Crippen LogP contribution in [0.15, 0.2) is 128 Å². The zero-order valence-electron chi connectivity index (χ0n) is 25.9. The van der Waals surface area contributed by atoms with Crippen molar-refractivity contribution < 1.29 is 9.25 Å². The van der Waals surface area contributed by atoms with E-state index in [1.54, 1.807) is 0 Å². The van der Waals surface area contributed by atoms with Gasteiger partial charge in [0.05, 0.1) is 40.1 Å². The summed E-state index contributed by atoms with van der Waals surface area (Å²) in [6.07, 6.45) is 7.07. The van der Waals surface area contributed by atoms with Gasteiger partial charge in [0.2, 0.25) is 6.20 Å². The van der Waals surface area contributed by atoms with E-state index in [1.807, 2.05) is 0 Å². The fourth-order valence-electron chi connectivity index (χ4n) is 10.2. The first-order chi connectivity index (χ1) is 23.1. The van der Waals surface area contributed by atoms with Gasteiger partial charge in [0.1, 0.15) is 22.3 Å². The molecule has 4 aromatic heterocycles. The van der Waals surface area contributed by atoms with Gasteiger partial charge in [0, 0.05) is 32.7 Å². The number of benzene rings is 5. The Labute approximate surface area is 269 Å². The molecule has 5 nitrogen and oxygen atoms in total. The van der Waals surface area contributed by atoms with Gasteiger partial charge in [-0.25, -0.2) is 0 Å². The number of hydrogen-bond donors (Lipinski definition) is 0. The molecule has 13 rings (SSSR count). The van der Waals surface area contributed by atoms with E-state index in [-0.39, 0.29) is 5.41 Å². The Balaban J connectivity index is 1.36. The van der Waals surface area contributed by atoms with Gasteiger partial charge in [-0.05, 0) is 48.0 Å². The van der Waals surface area contributed by atoms with E-state index in [2.05, 4.69) is 165 Å². The van der Waals surface area contributed by atoms with E-state index in [1.165, 1.54) is 94.2 Å². The SMILES string of the molecule is CC1(C)c2ccc3c4c2-n2c5c1cccc5c1ccc[n+](c12)C41c2c(ccc4c5ccccc5n-3c24)-n2cc(-c3ccccc3)c[n+]21. The number of aromatic nitrogens is 5. The van der Waals surface area contributed by atoms with E-state index in [0.717, 1.165) is 0 Å². The van der Waals surface area contributed by atoms with Crippen LogP contribution in [0.5, 0.6) is 0 Å². The monoisotopic (exact) mass is 601 g/mol. The lowest BCUT2D eigenvalue weighted by atomic mass is 9.71. The summed E-state index contributed by atoms with van der Waals surface area (Å²) >= 11 is 0. The highest BCUT2D eigenvalue weighted by molar-refractivity contribution is 6.14. The van der Waals surface area contributed by atoms with Crippen LogP contribution in [-0.4, -0.2) is 13.8 Å². The molecule has 0 bridgehead atoms. The van der Waals surface area contributed by atoms with Crippen LogP contribution in [0.1, 0.15) is 36.1 Å². The van der Waals surface area contributed by atoms with Gasteiger partial charge < -0.3 is 4.57 Å². The average Bonchev–Trinajstić information content (AvgIpc) is 3.85. The molecule has 5 heteroatoms. The molecule has 0 amide bonds. The number of hydrogen-bond acceptors (Lipinski definition) is 0. The molecule has 8 heterocycles. The summed E-state index contributed by atoms with van der Waals surface area (Å²) in [5, 5.41) is 5.22. The molecule has 1 unspecified atom stereocenters. The molecule has 218 valence electrons. The minimum Gasteiger partial charge on any atom is -0.307 e. The summed E-state index contributed by atoms with van der Waals surface area (Å²) in [5.41, 5.74) is 16.1. The topological polar surface area (TPSA) is 22.5 Å². The van der Waals surface area contributed by atoms with Crippen molar-refractivity contribution in [2.24, 2.45) is 0 Å². The van der Waals surface area contributed by atoms with Crippen molar-refractivity contribution in [2.75, 3.05) is 0 Å². The molecule has 0 aliphatic carbocycles. The molecule has 0 N–H and O–H groups in total. The van der Waals surface area contributed by atoms with Crippen molar-refractivity contribution in [3.8, 4) is 28.2 Å². The molecule has 0 saturated carbocycles. The molecule has 9 aromatic rings. The normalized spacial score (nSPS) is 18.3. The number of para-hydroxylation sites is 2. The summed E-state index contributed by atoms with van der Waals surface area (Å²) in [6, 6.07) is 40.8. The first-order valence-corrected chi connectivity index (χ1v) is 16.5. The fourth-order valence-corrected chi connectivity index (χ4v) is 10.2. The van der Waals surface area contributed by atoms with Gasteiger partial charge in [0.25, 0.3) is 0 Å². The second kappa shape index (κ2) is 7.06. The summed E-state index contributed by atoms with van der Waals surface area (Å²) in [7, 11) is 0. The molecule has 0 fully saturated rings. The fraction of sp³-hybridized carbons (Fsp3) is 0.0952. The Kier molecular flexibility index (Phi) is 3.51. The van der Waals surface area contributed by atoms with Crippen molar-refractivity contribution >= 4 is 43.7 Å². The van der Waals surface area contributed by atoms with Crippen LogP contribution in [0.3, 0.4) is 0 Å². The maximum atomic E-state index is 2.62. The second-order valence-corrected chi connectivity index (χ2v) is 14.3. The van der Waals surface area contributed by atoms with Gasteiger partial charge in [0.15, 0.2) is 5.69 Å². The Hall–Kier alpha value is -5.94. The third-order valence-electron chi connectivity index (χ3n) is 12.0. The van der Waals surface area contributed by atoms with Crippen molar-refractivity contribution in [3.63, 3.8) is 0 Å². The summed E-state index contributed by atoms with van der Waals surface area (Å²) < 4.78 is 12.8.